The number of anilines is 1. The number of nitrogens with one attached hydrogen (secondary N) is 1. The number of amides is 1. The molecule has 0 atom stereocenters. The Morgan fingerprint density at radius 1 is 1.50 bits per heavy atom. The van der Waals surface area contributed by atoms with Crippen molar-refractivity contribution in [3.63, 3.8) is 0 Å². The van der Waals surface area contributed by atoms with Crippen molar-refractivity contribution in [2.75, 3.05) is 12.3 Å². The first kappa shape index (κ1) is 12.7. The highest BCUT2D eigenvalue weighted by molar-refractivity contribution is 5.75. The fraction of sp³-hybridized carbons (Fsp3) is 0.538. The first-order valence-corrected chi connectivity index (χ1v) is 6.46. The Balaban J connectivity index is 1.67. The molecule has 0 radical (unpaired) electrons. The smallest absolute Gasteiger partial charge is 0.241 e. The number of nitrogens with zero attached hydrogens (tertiary/aromatic N) is 2. The maximum atomic E-state index is 11.6. The van der Waals surface area contributed by atoms with Gasteiger partial charge in [0.15, 0.2) is 0 Å². The zero-order valence-electron chi connectivity index (χ0n) is 10.6. The van der Waals surface area contributed by atoms with Crippen molar-refractivity contribution in [1.29, 1.82) is 0 Å². The first-order valence-electron chi connectivity index (χ1n) is 6.46. The average molecular weight is 248 g/mol. The van der Waals surface area contributed by atoms with E-state index in [9.17, 15) is 4.79 Å². The summed E-state index contributed by atoms with van der Waals surface area (Å²) in [5.41, 5.74) is 7.59. The minimum absolute atomic E-state index is 0.0190. The van der Waals surface area contributed by atoms with Crippen molar-refractivity contribution >= 4 is 11.6 Å². The molecule has 1 aliphatic carbocycles. The minimum Gasteiger partial charge on any atom is -0.396 e. The molecule has 0 unspecified atom stereocenters. The second-order valence-corrected chi connectivity index (χ2v) is 4.68. The third kappa shape index (κ3) is 3.91. The minimum atomic E-state index is -0.0190. The predicted molar refractivity (Wildman–Crippen MR) is 70.8 cm³/mol. The second kappa shape index (κ2) is 6.23. The number of hydrogen-bond acceptors (Lipinski definition) is 3. The molecule has 1 heterocycles. The van der Waals surface area contributed by atoms with Gasteiger partial charge in [0.1, 0.15) is 6.54 Å². The molecule has 0 aliphatic heterocycles. The van der Waals surface area contributed by atoms with E-state index in [0.717, 1.165) is 6.42 Å². The Bertz CT molecular complexity index is 436. The SMILES string of the molecule is Nc1cnn(CC(=O)NCCC2=CCCCC2)c1. The zero-order chi connectivity index (χ0) is 12.8. The Hall–Kier alpha value is -1.78. The molecule has 18 heavy (non-hydrogen) atoms. The summed E-state index contributed by atoms with van der Waals surface area (Å²) < 4.78 is 1.55. The lowest BCUT2D eigenvalue weighted by atomic mass is 9.97. The molecule has 0 saturated carbocycles. The lowest BCUT2D eigenvalue weighted by molar-refractivity contribution is -0.121. The number of nitrogens with two attached hydrogens (primary N) is 1. The predicted octanol–water partition coefficient (Wildman–Crippen LogP) is 1.47. The van der Waals surface area contributed by atoms with Gasteiger partial charge in [0.25, 0.3) is 0 Å². The summed E-state index contributed by atoms with van der Waals surface area (Å²) in [6, 6.07) is 0. The second-order valence-electron chi connectivity index (χ2n) is 4.68. The van der Waals surface area contributed by atoms with Gasteiger partial charge in [-0.05, 0) is 32.1 Å². The molecule has 5 heteroatoms. The van der Waals surface area contributed by atoms with E-state index in [1.165, 1.54) is 31.3 Å². The van der Waals surface area contributed by atoms with Gasteiger partial charge in [-0.15, -0.1) is 0 Å². The van der Waals surface area contributed by atoms with Gasteiger partial charge in [0, 0.05) is 12.7 Å². The van der Waals surface area contributed by atoms with E-state index in [1.807, 2.05) is 0 Å². The van der Waals surface area contributed by atoms with Crippen LogP contribution in [0, 0.1) is 0 Å². The molecule has 0 fully saturated rings. The fourth-order valence-corrected chi connectivity index (χ4v) is 2.16. The third-order valence-electron chi connectivity index (χ3n) is 3.11. The Kier molecular flexibility index (Phi) is 4.39. The highest BCUT2D eigenvalue weighted by atomic mass is 16.2. The van der Waals surface area contributed by atoms with Gasteiger partial charge < -0.3 is 11.1 Å². The van der Waals surface area contributed by atoms with E-state index in [1.54, 1.807) is 17.1 Å². The van der Waals surface area contributed by atoms with E-state index in [4.69, 9.17) is 5.73 Å². The molecular formula is C13H20N4O. The normalized spacial score (nSPS) is 15.2. The molecule has 0 aromatic carbocycles. The lowest BCUT2D eigenvalue weighted by Gasteiger charge is -2.12. The summed E-state index contributed by atoms with van der Waals surface area (Å²) in [5, 5.41) is 6.88. The first-order chi connectivity index (χ1) is 8.74. The number of hydrogen-bond donors (Lipinski definition) is 2. The lowest BCUT2D eigenvalue weighted by Crippen LogP contribution is -2.28. The van der Waals surface area contributed by atoms with Gasteiger partial charge in [0.05, 0.1) is 11.9 Å². The number of carbonyl (C=O) groups excluding carboxylic acids is 1. The van der Waals surface area contributed by atoms with Crippen molar-refractivity contribution < 1.29 is 4.79 Å². The molecule has 1 aromatic heterocycles. The molecule has 98 valence electrons. The molecule has 1 aliphatic rings. The highest BCUT2D eigenvalue weighted by Crippen LogP contribution is 2.19. The average Bonchev–Trinajstić information content (AvgIpc) is 2.76. The van der Waals surface area contributed by atoms with Crippen LogP contribution in [0.3, 0.4) is 0 Å². The molecule has 0 spiro atoms. The molecular weight excluding hydrogens is 228 g/mol. The summed E-state index contributed by atoms with van der Waals surface area (Å²) in [7, 11) is 0. The van der Waals surface area contributed by atoms with Gasteiger partial charge in [-0.2, -0.15) is 5.10 Å². The van der Waals surface area contributed by atoms with Crippen LogP contribution in [0.25, 0.3) is 0 Å². The van der Waals surface area contributed by atoms with Crippen LogP contribution in [0.15, 0.2) is 24.0 Å². The van der Waals surface area contributed by atoms with Crippen molar-refractivity contribution in [2.45, 2.75) is 38.6 Å². The number of rotatable bonds is 5. The van der Waals surface area contributed by atoms with Crippen molar-refractivity contribution in [3.8, 4) is 0 Å². The van der Waals surface area contributed by atoms with E-state index < -0.39 is 0 Å². The van der Waals surface area contributed by atoms with E-state index in [0.29, 0.717) is 12.2 Å². The van der Waals surface area contributed by atoms with Crippen LogP contribution in [0.5, 0.6) is 0 Å². The molecule has 2 rings (SSSR count). The number of nitrogen functional groups attached to an aromatic ring is 1. The van der Waals surface area contributed by atoms with Crippen LogP contribution >= 0.6 is 0 Å². The van der Waals surface area contributed by atoms with Gasteiger partial charge in [-0.3, -0.25) is 9.48 Å². The van der Waals surface area contributed by atoms with Crippen molar-refractivity contribution in [2.24, 2.45) is 0 Å². The topological polar surface area (TPSA) is 72.9 Å². The Morgan fingerprint density at radius 2 is 2.39 bits per heavy atom. The number of allylic oxidation sites excluding steroid dienone is 1. The van der Waals surface area contributed by atoms with E-state index in [-0.39, 0.29) is 12.5 Å². The molecule has 0 bridgehead atoms. The van der Waals surface area contributed by atoms with Crippen LogP contribution in [-0.4, -0.2) is 22.2 Å². The van der Waals surface area contributed by atoms with Gasteiger partial charge in [-0.1, -0.05) is 11.6 Å². The van der Waals surface area contributed by atoms with Crippen LogP contribution in [0.2, 0.25) is 0 Å². The third-order valence-corrected chi connectivity index (χ3v) is 3.11. The molecule has 0 saturated heterocycles. The van der Waals surface area contributed by atoms with Gasteiger partial charge in [-0.25, -0.2) is 0 Å². The van der Waals surface area contributed by atoms with Gasteiger partial charge >= 0.3 is 0 Å². The standard InChI is InChI=1S/C13H20N4O/c14-12-8-16-17(9-12)10-13(18)15-7-6-11-4-2-1-3-5-11/h4,8-9H,1-3,5-7,10,14H2,(H,15,18). The Morgan fingerprint density at radius 3 is 3.06 bits per heavy atom. The maximum absolute atomic E-state index is 11.6. The van der Waals surface area contributed by atoms with Crippen molar-refractivity contribution in [3.05, 3.63) is 24.0 Å². The Labute approximate surface area is 107 Å². The quantitative estimate of drug-likeness (QED) is 0.775. The van der Waals surface area contributed by atoms with Crippen LogP contribution in [0.4, 0.5) is 5.69 Å². The monoisotopic (exact) mass is 248 g/mol. The molecule has 1 aromatic rings. The van der Waals surface area contributed by atoms with Crippen molar-refractivity contribution in [1.82, 2.24) is 15.1 Å². The summed E-state index contributed by atoms with van der Waals surface area (Å²) >= 11 is 0. The number of carbonyl (C=O) groups is 1. The highest BCUT2D eigenvalue weighted by Gasteiger charge is 2.06. The zero-order valence-corrected chi connectivity index (χ0v) is 10.6. The van der Waals surface area contributed by atoms with Gasteiger partial charge in [0.2, 0.25) is 5.91 Å². The molecule has 1 amide bonds. The molecule has 3 N–H and O–H groups in total. The maximum Gasteiger partial charge on any atom is 0.241 e. The largest absolute Gasteiger partial charge is 0.396 e. The fourth-order valence-electron chi connectivity index (χ4n) is 2.16. The van der Waals surface area contributed by atoms with Crippen LogP contribution in [-0.2, 0) is 11.3 Å². The van der Waals surface area contributed by atoms with Crippen LogP contribution in [0.1, 0.15) is 32.1 Å². The summed E-state index contributed by atoms with van der Waals surface area (Å²) in [6.45, 7) is 0.942. The summed E-state index contributed by atoms with van der Waals surface area (Å²) in [6.07, 6.45) is 11.4. The van der Waals surface area contributed by atoms with E-state index in [2.05, 4.69) is 16.5 Å². The number of aromatic nitrogens is 2. The molecule has 5 nitrogen and oxygen atoms in total. The summed E-state index contributed by atoms with van der Waals surface area (Å²) in [5.74, 6) is -0.0190. The summed E-state index contributed by atoms with van der Waals surface area (Å²) in [4.78, 5) is 11.6. The van der Waals surface area contributed by atoms with E-state index >= 15 is 0 Å². The van der Waals surface area contributed by atoms with Crippen LogP contribution < -0.4 is 11.1 Å².